The first-order chi connectivity index (χ1) is 7.59. The molecule has 0 saturated carbocycles. The second-order valence-corrected chi connectivity index (χ2v) is 5.64. The van der Waals surface area contributed by atoms with E-state index in [0.717, 1.165) is 30.5 Å². The summed E-state index contributed by atoms with van der Waals surface area (Å²) in [5, 5.41) is 9.04. The average molecular weight is 241 g/mol. The molecule has 92 valence electrons. The lowest BCUT2D eigenvalue weighted by atomic mass is 10.1. The maximum atomic E-state index is 4.32. The second-order valence-electron chi connectivity index (χ2n) is 4.53. The minimum Gasteiger partial charge on any atom is -0.316 e. The van der Waals surface area contributed by atoms with E-state index in [1.807, 2.05) is 30.4 Å². The van der Waals surface area contributed by atoms with Gasteiger partial charge in [-0.2, -0.15) is 5.10 Å². The van der Waals surface area contributed by atoms with Crippen molar-refractivity contribution in [1.29, 1.82) is 0 Å². The molecule has 0 aromatic carbocycles. The number of thioether (sulfide) groups is 1. The second kappa shape index (κ2) is 6.97. The molecular formula is C12H23N3S. The summed E-state index contributed by atoms with van der Waals surface area (Å²) in [6.07, 6.45) is 1.26. The molecule has 1 rings (SSSR count). The van der Waals surface area contributed by atoms with Crippen LogP contribution in [0.5, 0.6) is 0 Å². The Balaban J connectivity index is 2.09. The third-order valence-electron chi connectivity index (χ3n) is 2.39. The van der Waals surface area contributed by atoms with Crippen LogP contribution in [-0.4, -0.2) is 28.6 Å². The van der Waals surface area contributed by atoms with E-state index < -0.39 is 0 Å². The molecule has 16 heavy (non-hydrogen) atoms. The van der Waals surface area contributed by atoms with Gasteiger partial charge >= 0.3 is 0 Å². The van der Waals surface area contributed by atoms with Gasteiger partial charge < -0.3 is 5.32 Å². The molecule has 0 atom stereocenters. The lowest BCUT2D eigenvalue weighted by Crippen LogP contribution is -2.19. The van der Waals surface area contributed by atoms with Crippen LogP contribution < -0.4 is 5.32 Å². The molecule has 0 amide bonds. The van der Waals surface area contributed by atoms with Gasteiger partial charge in [0, 0.05) is 19.3 Å². The van der Waals surface area contributed by atoms with E-state index >= 15 is 0 Å². The average Bonchev–Trinajstić information content (AvgIpc) is 2.50. The number of hydrogen-bond donors (Lipinski definition) is 1. The highest BCUT2D eigenvalue weighted by Crippen LogP contribution is 2.17. The SMILES string of the molecule is Cc1cc(SCCNCCC(C)C)n(C)n1. The molecule has 0 saturated heterocycles. The predicted octanol–water partition coefficient (Wildman–Crippen LogP) is 2.46. The van der Waals surface area contributed by atoms with Gasteiger partial charge in [0.2, 0.25) is 0 Å². The van der Waals surface area contributed by atoms with Crippen LogP contribution >= 0.6 is 11.8 Å². The van der Waals surface area contributed by atoms with Crippen molar-refractivity contribution in [3.8, 4) is 0 Å². The van der Waals surface area contributed by atoms with Crippen LogP contribution in [0.15, 0.2) is 11.1 Å². The van der Waals surface area contributed by atoms with Crippen LogP contribution in [-0.2, 0) is 7.05 Å². The fourth-order valence-electron chi connectivity index (χ4n) is 1.47. The maximum absolute atomic E-state index is 4.32. The van der Waals surface area contributed by atoms with Gasteiger partial charge in [0.05, 0.1) is 10.7 Å². The van der Waals surface area contributed by atoms with Gasteiger partial charge in [-0.15, -0.1) is 11.8 Å². The Bertz CT molecular complexity index is 307. The molecule has 0 unspecified atom stereocenters. The number of aryl methyl sites for hydroxylation is 2. The standard InChI is InChI=1S/C12H23N3S/c1-10(2)5-6-13-7-8-16-12-9-11(3)14-15(12)4/h9-10,13H,5-8H2,1-4H3. The van der Waals surface area contributed by atoms with Crippen LogP contribution in [0, 0.1) is 12.8 Å². The molecule has 0 bridgehead atoms. The van der Waals surface area contributed by atoms with Crippen molar-refractivity contribution in [3.63, 3.8) is 0 Å². The fraction of sp³-hybridized carbons (Fsp3) is 0.750. The number of aromatic nitrogens is 2. The van der Waals surface area contributed by atoms with Crippen molar-refractivity contribution >= 4 is 11.8 Å². The fourth-order valence-corrected chi connectivity index (χ4v) is 2.40. The molecule has 0 aliphatic carbocycles. The number of hydrogen-bond acceptors (Lipinski definition) is 3. The maximum Gasteiger partial charge on any atom is 0.0939 e. The summed E-state index contributed by atoms with van der Waals surface area (Å²) in [6, 6.07) is 2.14. The molecule has 0 aliphatic rings. The van der Waals surface area contributed by atoms with E-state index in [1.165, 1.54) is 11.4 Å². The molecule has 1 N–H and O–H groups in total. The Kier molecular flexibility index (Phi) is 5.91. The van der Waals surface area contributed by atoms with Crippen LogP contribution in [0.4, 0.5) is 0 Å². The Hall–Kier alpha value is -0.480. The zero-order valence-corrected chi connectivity index (χ0v) is 11.6. The summed E-state index contributed by atoms with van der Waals surface area (Å²) in [5.74, 6) is 1.90. The van der Waals surface area contributed by atoms with Crippen LogP contribution in [0.3, 0.4) is 0 Å². The molecule has 0 fully saturated rings. The lowest BCUT2D eigenvalue weighted by Gasteiger charge is -2.06. The summed E-state index contributed by atoms with van der Waals surface area (Å²) in [4.78, 5) is 0. The van der Waals surface area contributed by atoms with Gasteiger partial charge in [0.15, 0.2) is 0 Å². The first-order valence-electron chi connectivity index (χ1n) is 5.93. The van der Waals surface area contributed by atoms with Crippen molar-refractivity contribution in [3.05, 3.63) is 11.8 Å². The molecule has 1 aromatic heterocycles. The zero-order chi connectivity index (χ0) is 12.0. The van der Waals surface area contributed by atoms with Gasteiger partial charge in [-0.3, -0.25) is 4.68 Å². The van der Waals surface area contributed by atoms with E-state index in [4.69, 9.17) is 0 Å². The third kappa shape index (κ3) is 5.03. The summed E-state index contributed by atoms with van der Waals surface area (Å²) in [5.41, 5.74) is 1.10. The summed E-state index contributed by atoms with van der Waals surface area (Å²) in [6.45, 7) is 8.75. The normalized spacial score (nSPS) is 11.3. The van der Waals surface area contributed by atoms with Gasteiger partial charge in [0.25, 0.3) is 0 Å². The number of rotatable bonds is 7. The Morgan fingerprint density at radius 2 is 2.19 bits per heavy atom. The predicted molar refractivity (Wildman–Crippen MR) is 71.0 cm³/mol. The lowest BCUT2D eigenvalue weighted by molar-refractivity contribution is 0.547. The summed E-state index contributed by atoms with van der Waals surface area (Å²) in [7, 11) is 2.00. The monoisotopic (exact) mass is 241 g/mol. The van der Waals surface area contributed by atoms with E-state index in [2.05, 4.69) is 30.3 Å². The van der Waals surface area contributed by atoms with Gasteiger partial charge in [0.1, 0.15) is 0 Å². The van der Waals surface area contributed by atoms with Gasteiger partial charge in [-0.05, 0) is 31.9 Å². The molecule has 1 aromatic rings. The van der Waals surface area contributed by atoms with Crippen molar-refractivity contribution in [2.75, 3.05) is 18.8 Å². The van der Waals surface area contributed by atoms with Crippen molar-refractivity contribution < 1.29 is 0 Å². The molecule has 0 spiro atoms. The zero-order valence-electron chi connectivity index (χ0n) is 10.8. The minimum absolute atomic E-state index is 0.792. The van der Waals surface area contributed by atoms with E-state index in [1.54, 1.807) is 0 Å². The molecule has 1 heterocycles. The third-order valence-corrected chi connectivity index (χ3v) is 3.47. The molecule has 4 heteroatoms. The topological polar surface area (TPSA) is 29.9 Å². The van der Waals surface area contributed by atoms with Crippen molar-refractivity contribution in [2.45, 2.75) is 32.2 Å². The van der Waals surface area contributed by atoms with Crippen molar-refractivity contribution in [1.82, 2.24) is 15.1 Å². The molecule has 3 nitrogen and oxygen atoms in total. The molecule has 0 aliphatic heterocycles. The number of nitrogens with zero attached hydrogens (tertiary/aromatic N) is 2. The van der Waals surface area contributed by atoms with E-state index in [0.29, 0.717) is 0 Å². The van der Waals surface area contributed by atoms with Gasteiger partial charge in [-0.25, -0.2) is 0 Å². The van der Waals surface area contributed by atoms with Crippen LogP contribution in [0.1, 0.15) is 26.0 Å². The largest absolute Gasteiger partial charge is 0.316 e. The van der Waals surface area contributed by atoms with E-state index in [9.17, 15) is 0 Å². The molecular weight excluding hydrogens is 218 g/mol. The summed E-state index contributed by atoms with van der Waals surface area (Å²) < 4.78 is 1.95. The van der Waals surface area contributed by atoms with Gasteiger partial charge in [-0.1, -0.05) is 13.8 Å². The Labute approximate surface area is 103 Å². The highest BCUT2D eigenvalue weighted by Gasteiger charge is 2.01. The Morgan fingerprint density at radius 1 is 1.44 bits per heavy atom. The smallest absolute Gasteiger partial charge is 0.0939 e. The quantitative estimate of drug-likeness (QED) is 0.587. The van der Waals surface area contributed by atoms with Crippen LogP contribution in [0.25, 0.3) is 0 Å². The summed E-state index contributed by atoms with van der Waals surface area (Å²) >= 11 is 1.86. The minimum atomic E-state index is 0.792. The molecule has 0 radical (unpaired) electrons. The number of nitrogens with one attached hydrogen (secondary N) is 1. The van der Waals surface area contributed by atoms with Crippen molar-refractivity contribution in [2.24, 2.45) is 13.0 Å². The Morgan fingerprint density at radius 3 is 2.75 bits per heavy atom. The highest BCUT2D eigenvalue weighted by atomic mass is 32.2. The van der Waals surface area contributed by atoms with Crippen LogP contribution in [0.2, 0.25) is 0 Å². The first-order valence-corrected chi connectivity index (χ1v) is 6.92. The van der Waals surface area contributed by atoms with E-state index in [-0.39, 0.29) is 0 Å². The first kappa shape index (κ1) is 13.6. The highest BCUT2D eigenvalue weighted by molar-refractivity contribution is 7.99.